The lowest BCUT2D eigenvalue weighted by Crippen LogP contribution is -2.19. The minimum Gasteiger partial charge on any atom is -0.481 e. The Hall–Kier alpha value is -1.03. The van der Waals surface area contributed by atoms with Crippen LogP contribution in [0.4, 0.5) is 0 Å². The lowest BCUT2D eigenvalue weighted by Gasteiger charge is -2.14. The second-order valence-corrected chi connectivity index (χ2v) is 6.57. The number of hydrogen-bond acceptors (Lipinski definition) is 1. The van der Waals surface area contributed by atoms with Crippen LogP contribution in [-0.4, -0.2) is 11.1 Å². The number of carboxylic acids is 1. The molecule has 5 heteroatoms. The molecule has 0 saturated carbocycles. The van der Waals surface area contributed by atoms with Crippen molar-refractivity contribution < 1.29 is 9.90 Å². The van der Waals surface area contributed by atoms with Crippen molar-refractivity contribution >= 4 is 45.1 Å². The van der Waals surface area contributed by atoms with Gasteiger partial charge in [0.15, 0.2) is 0 Å². The number of carboxylic acid groups (broad SMARTS) is 1. The van der Waals surface area contributed by atoms with Gasteiger partial charge >= 0.3 is 5.97 Å². The molecule has 0 amide bonds. The molecule has 2 aromatic rings. The molecule has 2 nitrogen and oxygen atoms in total. The largest absolute Gasteiger partial charge is 0.481 e. The third-order valence-corrected chi connectivity index (χ3v) is 4.28. The van der Waals surface area contributed by atoms with Gasteiger partial charge in [0.1, 0.15) is 0 Å². The van der Waals surface area contributed by atoms with E-state index in [-0.39, 0.29) is 0 Å². The van der Waals surface area contributed by atoms with Crippen molar-refractivity contribution in [3.8, 4) is 0 Å². The SMILES string of the molecule is O=C(O)C(Cc1cccc(Br)c1)Cc1ccc(Cl)cc1Cl. The van der Waals surface area contributed by atoms with Gasteiger partial charge in [-0.25, -0.2) is 0 Å². The van der Waals surface area contributed by atoms with Crippen LogP contribution >= 0.6 is 39.1 Å². The third kappa shape index (κ3) is 4.73. The Morgan fingerprint density at radius 2 is 1.90 bits per heavy atom. The van der Waals surface area contributed by atoms with E-state index in [1.54, 1.807) is 18.2 Å². The summed E-state index contributed by atoms with van der Waals surface area (Å²) >= 11 is 15.4. The number of rotatable bonds is 5. The van der Waals surface area contributed by atoms with Crippen LogP contribution in [0.2, 0.25) is 10.0 Å². The molecular weight excluding hydrogens is 375 g/mol. The summed E-state index contributed by atoms with van der Waals surface area (Å²) in [7, 11) is 0. The Balaban J connectivity index is 2.18. The molecule has 2 aromatic carbocycles. The monoisotopic (exact) mass is 386 g/mol. The van der Waals surface area contributed by atoms with E-state index in [0.29, 0.717) is 22.9 Å². The lowest BCUT2D eigenvalue weighted by molar-refractivity contribution is -0.141. The van der Waals surface area contributed by atoms with E-state index < -0.39 is 11.9 Å². The first-order valence-electron chi connectivity index (χ1n) is 6.37. The van der Waals surface area contributed by atoms with Gasteiger partial charge in [0.05, 0.1) is 5.92 Å². The van der Waals surface area contributed by atoms with Gasteiger partial charge in [-0.05, 0) is 48.2 Å². The van der Waals surface area contributed by atoms with Gasteiger partial charge < -0.3 is 5.11 Å². The second kappa shape index (κ2) is 7.30. The molecule has 0 aliphatic carbocycles. The highest BCUT2D eigenvalue weighted by atomic mass is 79.9. The van der Waals surface area contributed by atoms with E-state index in [1.165, 1.54) is 0 Å². The summed E-state index contributed by atoms with van der Waals surface area (Å²) in [5.41, 5.74) is 1.77. The average molecular weight is 388 g/mol. The molecule has 0 radical (unpaired) electrons. The van der Waals surface area contributed by atoms with Crippen LogP contribution in [0.5, 0.6) is 0 Å². The maximum atomic E-state index is 11.5. The lowest BCUT2D eigenvalue weighted by atomic mass is 9.92. The summed E-state index contributed by atoms with van der Waals surface area (Å²) in [6.07, 6.45) is 0.825. The van der Waals surface area contributed by atoms with Gasteiger partial charge in [0.2, 0.25) is 0 Å². The smallest absolute Gasteiger partial charge is 0.307 e. The fraction of sp³-hybridized carbons (Fsp3) is 0.188. The third-order valence-electron chi connectivity index (χ3n) is 3.20. The van der Waals surface area contributed by atoms with Crippen LogP contribution in [0.1, 0.15) is 11.1 Å². The number of carbonyl (C=O) groups is 1. The average Bonchev–Trinajstić information content (AvgIpc) is 2.40. The van der Waals surface area contributed by atoms with Crippen molar-refractivity contribution in [1.82, 2.24) is 0 Å². The van der Waals surface area contributed by atoms with Crippen LogP contribution in [0, 0.1) is 5.92 Å². The van der Waals surface area contributed by atoms with E-state index in [9.17, 15) is 9.90 Å². The summed E-state index contributed by atoms with van der Waals surface area (Å²) in [5.74, 6) is -1.36. The maximum Gasteiger partial charge on any atom is 0.307 e. The summed E-state index contributed by atoms with van der Waals surface area (Å²) in [6.45, 7) is 0. The van der Waals surface area contributed by atoms with E-state index >= 15 is 0 Å². The predicted octanol–water partition coefficient (Wildman–Crippen LogP) is 5.24. The normalized spacial score (nSPS) is 12.1. The standard InChI is InChI=1S/C16H13BrCl2O2/c17-13-3-1-2-10(7-13)6-12(16(20)21)8-11-4-5-14(18)9-15(11)19/h1-5,7,9,12H,6,8H2,(H,20,21). The van der Waals surface area contributed by atoms with Crippen molar-refractivity contribution in [2.45, 2.75) is 12.8 Å². The molecule has 0 fully saturated rings. The fourth-order valence-corrected chi connectivity index (χ4v) is 3.08. The van der Waals surface area contributed by atoms with Gasteiger partial charge in [-0.15, -0.1) is 0 Å². The first-order valence-corrected chi connectivity index (χ1v) is 7.92. The van der Waals surface area contributed by atoms with Gasteiger partial charge in [0, 0.05) is 14.5 Å². The molecule has 0 aliphatic rings. The van der Waals surface area contributed by atoms with Crippen molar-refractivity contribution in [2.24, 2.45) is 5.92 Å². The zero-order chi connectivity index (χ0) is 15.4. The van der Waals surface area contributed by atoms with Crippen molar-refractivity contribution in [1.29, 1.82) is 0 Å². The zero-order valence-corrected chi connectivity index (χ0v) is 14.1. The van der Waals surface area contributed by atoms with Crippen LogP contribution in [0.3, 0.4) is 0 Å². The highest BCUT2D eigenvalue weighted by molar-refractivity contribution is 9.10. The Bertz CT molecular complexity index is 658. The van der Waals surface area contributed by atoms with Gasteiger partial charge in [-0.3, -0.25) is 4.79 Å². The molecule has 110 valence electrons. The number of aliphatic carboxylic acids is 1. The minimum atomic E-state index is -0.832. The van der Waals surface area contributed by atoms with Gasteiger partial charge in [0.25, 0.3) is 0 Å². The molecule has 1 unspecified atom stereocenters. The Morgan fingerprint density at radius 3 is 2.52 bits per heavy atom. The highest BCUT2D eigenvalue weighted by Crippen LogP contribution is 2.25. The van der Waals surface area contributed by atoms with E-state index in [1.807, 2.05) is 24.3 Å². The van der Waals surface area contributed by atoms with Crippen molar-refractivity contribution in [2.75, 3.05) is 0 Å². The Labute approximate surface area is 141 Å². The number of benzene rings is 2. The molecule has 0 spiro atoms. The molecule has 0 bridgehead atoms. The van der Waals surface area contributed by atoms with Gasteiger partial charge in [-0.2, -0.15) is 0 Å². The highest BCUT2D eigenvalue weighted by Gasteiger charge is 2.20. The van der Waals surface area contributed by atoms with Crippen molar-refractivity contribution in [3.63, 3.8) is 0 Å². The predicted molar refractivity (Wildman–Crippen MR) is 89.1 cm³/mol. The molecule has 1 atom stereocenters. The van der Waals surface area contributed by atoms with Crippen LogP contribution in [0.25, 0.3) is 0 Å². The fourth-order valence-electron chi connectivity index (χ4n) is 2.15. The molecular formula is C16H13BrCl2O2. The molecule has 0 aliphatic heterocycles. The molecule has 0 heterocycles. The summed E-state index contributed by atoms with van der Waals surface area (Å²) in [4.78, 5) is 11.5. The number of hydrogen-bond donors (Lipinski definition) is 1. The van der Waals surface area contributed by atoms with Gasteiger partial charge in [-0.1, -0.05) is 57.3 Å². The molecule has 1 N–H and O–H groups in total. The van der Waals surface area contributed by atoms with Crippen LogP contribution in [0.15, 0.2) is 46.9 Å². The summed E-state index contributed by atoms with van der Waals surface area (Å²) in [5, 5.41) is 10.5. The molecule has 0 saturated heterocycles. The van der Waals surface area contributed by atoms with Crippen LogP contribution < -0.4 is 0 Å². The summed E-state index contributed by atoms with van der Waals surface area (Å²) < 4.78 is 0.939. The zero-order valence-electron chi connectivity index (χ0n) is 11.0. The van der Waals surface area contributed by atoms with Crippen molar-refractivity contribution in [3.05, 3.63) is 68.1 Å². The summed E-state index contributed by atoms with van der Waals surface area (Å²) in [6, 6.07) is 12.8. The first-order chi connectivity index (χ1) is 9.95. The topological polar surface area (TPSA) is 37.3 Å². The second-order valence-electron chi connectivity index (χ2n) is 4.81. The minimum absolute atomic E-state index is 0.373. The van der Waals surface area contributed by atoms with E-state index in [0.717, 1.165) is 15.6 Å². The van der Waals surface area contributed by atoms with E-state index in [4.69, 9.17) is 23.2 Å². The Morgan fingerprint density at radius 1 is 1.14 bits per heavy atom. The Kier molecular flexibility index (Phi) is 5.68. The van der Waals surface area contributed by atoms with E-state index in [2.05, 4.69) is 15.9 Å². The molecule has 2 rings (SSSR count). The number of halogens is 3. The quantitative estimate of drug-likeness (QED) is 0.761. The molecule has 21 heavy (non-hydrogen) atoms. The maximum absolute atomic E-state index is 11.5. The first kappa shape index (κ1) is 16.3. The van der Waals surface area contributed by atoms with Crippen LogP contribution in [-0.2, 0) is 17.6 Å². The molecule has 0 aromatic heterocycles.